The van der Waals surface area contributed by atoms with Crippen molar-refractivity contribution in [1.82, 2.24) is 4.98 Å². The molecule has 0 unspecified atom stereocenters. The number of hydrogen-bond acceptors (Lipinski definition) is 3. The molecule has 1 aromatic rings. The van der Waals surface area contributed by atoms with E-state index < -0.39 is 0 Å². The Kier molecular flexibility index (Phi) is 1.75. The van der Waals surface area contributed by atoms with E-state index >= 15 is 0 Å². The largest absolute Gasteiger partial charge is 0.296 e. The zero-order valence-electron chi connectivity index (χ0n) is 3.80. The molecular formula is C4H2BrNOS. The third kappa shape index (κ3) is 1.14. The molecule has 4 heteroatoms. The third-order valence-electron chi connectivity index (χ3n) is 0.615. The molecule has 1 aromatic heterocycles. The molecule has 0 saturated heterocycles. The summed E-state index contributed by atoms with van der Waals surface area (Å²) in [5.41, 5.74) is 0.488. The Balaban J connectivity index is 3.00. The fourth-order valence-corrected chi connectivity index (χ4v) is 1.29. The predicted molar refractivity (Wildman–Crippen MR) is 35.2 cm³/mol. The van der Waals surface area contributed by atoms with Crippen LogP contribution in [0.2, 0.25) is 0 Å². The van der Waals surface area contributed by atoms with E-state index in [9.17, 15) is 4.79 Å². The second-order valence-corrected chi connectivity index (χ2v) is 3.28. The lowest BCUT2D eigenvalue weighted by molar-refractivity contribution is 0.111. The van der Waals surface area contributed by atoms with Gasteiger partial charge in [-0.2, -0.15) is 0 Å². The summed E-state index contributed by atoms with van der Waals surface area (Å²) < 4.78 is 0.750. The summed E-state index contributed by atoms with van der Waals surface area (Å²) in [6.45, 7) is 0. The fourth-order valence-electron chi connectivity index (χ4n) is 0.317. The number of thiazole rings is 1. The van der Waals surface area contributed by atoms with Gasteiger partial charge in [0, 0.05) is 5.38 Å². The zero-order valence-corrected chi connectivity index (χ0v) is 6.20. The summed E-state index contributed by atoms with van der Waals surface area (Å²) in [5.74, 6) is 0. The standard InChI is InChI=1S/C4H2BrNOS/c5-4-6-3(1-7)2-8-4/h1-2H. The van der Waals surface area contributed by atoms with E-state index in [-0.39, 0.29) is 0 Å². The van der Waals surface area contributed by atoms with Gasteiger partial charge in [-0.25, -0.2) is 4.98 Å². The molecule has 0 saturated carbocycles. The molecule has 0 bridgehead atoms. The van der Waals surface area contributed by atoms with Crippen LogP contribution in [0.4, 0.5) is 0 Å². The van der Waals surface area contributed by atoms with Crippen LogP contribution in [0.1, 0.15) is 10.5 Å². The molecule has 2 nitrogen and oxygen atoms in total. The minimum absolute atomic E-state index is 0.488. The van der Waals surface area contributed by atoms with Crippen LogP contribution >= 0.6 is 27.3 Å². The van der Waals surface area contributed by atoms with Crippen LogP contribution in [0.5, 0.6) is 0 Å². The smallest absolute Gasteiger partial charge is 0.169 e. The lowest BCUT2D eigenvalue weighted by atomic mass is 10.6. The van der Waals surface area contributed by atoms with Gasteiger partial charge in [-0.05, 0) is 15.9 Å². The average molecular weight is 192 g/mol. The molecule has 0 fully saturated rings. The summed E-state index contributed by atoms with van der Waals surface area (Å²) in [4.78, 5) is 13.7. The molecule has 0 aliphatic heterocycles. The van der Waals surface area contributed by atoms with Gasteiger partial charge in [0.15, 0.2) is 10.2 Å². The van der Waals surface area contributed by atoms with Crippen molar-refractivity contribution in [3.05, 3.63) is 15.0 Å². The second-order valence-electron chi connectivity index (χ2n) is 1.14. The molecule has 0 amide bonds. The first kappa shape index (κ1) is 5.91. The molecule has 1 heterocycles. The van der Waals surface area contributed by atoms with Crippen molar-refractivity contribution in [2.45, 2.75) is 0 Å². The van der Waals surface area contributed by atoms with Crippen LogP contribution in [0.25, 0.3) is 0 Å². The van der Waals surface area contributed by atoms with E-state index in [1.54, 1.807) is 5.38 Å². The van der Waals surface area contributed by atoms with E-state index in [0.29, 0.717) is 5.69 Å². The summed E-state index contributed by atoms with van der Waals surface area (Å²) in [6.07, 6.45) is 0.723. The lowest BCUT2D eigenvalue weighted by Crippen LogP contribution is -1.74. The number of halogens is 1. The average Bonchev–Trinajstić information content (AvgIpc) is 2.14. The minimum atomic E-state index is 0.488. The van der Waals surface area contributed by atoms with Crippen molar-refractivity contribution in [2.24, 2.45) is 0 Å². The highest BCUT2D eigenvalue weighted by Crippen LogP contribution is 2.13. The van der Waals surface area contributed by atoms with E-state index in [1.165, 1.54) is 11.3 Å². The molecule has 0 aliphatic rings. The SMILES string of the molecule is O=Cc1csc(Br)n1. The molecule has 0 spiro atoms. The lowest BCUT2D eigenvalue weighted by Gasteiger charge is -1.68. The van der Waals surface area contributed by atoms with E-state index in [1.807, 2.05) is 0 Å². The number of aromatic nitrogens is 1. The van der Waals surface area contributed by atoms with Gasteiger partial charge in [0.1, 0.15) is 5.69 Å². The number of rotatable bonds is 1. The Bertz CT molecular complexity index is 198. The van der Waals surface area contributed by atoms with Crippen molar-refractivity contribution >= 4 is 33.6 Å². The van der Waals surface area contributed by atoms with Gasteiger partial charge in [0.2, 0.25) is 0 Å². The summed E-state index contributed by atoms with van der Waals surface area (Å²) in [5, 5.41) is 1.69. The normalized spacial score (nSPS) is 9.12. The number of carbonyl (C=O) groups is 1. The first-order chi connectivity index (χ1) is 3.83. The highest BCUT2D eigenvalue weighted by Gasteiger charge is 1.93. The molecule has 0 radical (unpaired) electrons. The summed E-state index contributed by atoms with van der Waals surface area (Å²) in [7, 11) is 0. The van der Waals surface area contributed by atoms with Gasteiger partial charge in [-0.15, -0.1) is 11.3 Å². The fraction of sp³-hybridized carbons (Fsp3) is 0. The van der Waals surface area contributed by atoms with Crippen LogP contribution in [-0.2, 0) is 0 Å². The third-order valence-corrected chi connectivity index (χ3v) is 2.00. The Labute approximate surface area is 58.7 Å². The minimum Gasteiger partial charge on any atom is -0.296 e. The van der Waals surface area contributed by atoms with Crippen LogP contribution in [-0.4, -0.2) is 11.3 Å². The van der Waals surface area contributed by atoms with Gasteiger partial charge in [0.25, 0.3) is 0 Å². The highest BCUT2D eigenvalue weighted by molar-refractivity contribution is 9.11. The van der Waals surface area contributed by atoms with E-state index in [2.05, 4.69) is 20.9 Å². The van der Waals surface area contributed by atoms with Crippen LogP contribution < -0.4 is 0 Å². The van der Waals surface area contributed by atoms with Crippen molar-refractivity contribution in [2.75, 3.05) is 0 Å². The first-order valence-electron chi connectivity index (χ1n) is 1.89. The monoisotopic (exact) mass is 191 g/mol. The van der Waals surface area contributed by atoms with Gasteiger partial charge >= 0.3 is 0 Å². The van der Waals surface area contributed by atoms with E-state index in [0.717, 1.165) is 10.2 Å². The van der Waals surface area contributed by atoms with Crippen molar-refractivity contribution in [3.8, 4) is 0 Å². The maximum absolute atomic E-state index is 9.94. The number of aldehydes is 1. The quantitative estimate of drug-likeness (QED) is 0.634. The van der Waals surface area contributed by atoms with Gasteiger partial charge < -0.3 is 0 Å². The maximum Gasteiger partial charge on any atom is 0.169 e. The molecular weight excluding hydrogens is 190 g/mol. The van der Waals surface area contributed by atoms with Crippen molar-refractivity contribution in [1.29, 1.82) is 0 Å². The molecule has 8 heavy (non-hydrogen) atoms. The maximum atomic E-state index is 9.94. The summed E-state index contributed by atoms with van der Waals surface area (Å²) >= 11 is 4.52. The van der Waals surface area contributed by atoms with Crippen molar-refractivity contribution in [3.63, 3.8) is 0 Å². The molecule has 42 valence electrons. The Morgan fingerprint density at radius 2 is 2.62 bits per heavy atom. The van der Waals surface area contributed by atoms with Gasteiger partial charge in [-0.3, -0.25) is 4.79 Å². The second kappa shape index (κ2) is 2.37. The Morgan fingerprint density at radius 3 is 2.88 bits per heavy atom. The van der Waals surface area contributed by atoms with Crippen LogP contribution in [0.3, 0.4) is 0 Å². The predicted octanol–water partition coefficient (Wildman–Crippen LogP) is 1.72. The Hall–Kier alpha value is -0.220. The topological polar surface area (TPSA) is 30.0 Å². The van der Waals surface area contributed by atoms with Crippen LogP contribution in [0, 0.1) is 0 Å². The van der Waals surface area contributed by atoms with Crippen molar-refractivity contribution < 1.29 is 4.79 Å². The number of hydrogen-bond donors (Lipinski definition) is 0. The molecule has 0 aromatic carbocycles. The Morgan fingerprint density at radius 1 is 1.88 bits per heavy atom. The molecule has 1 rings (SSSR count). The number of carbonyl (C=O) groups excluding carboxylic acids is 1. The summed E-state index contributed by atoms with van der Waals surface area (Å²) in [6, 6.07) is 0. The van der Waals surface area contributed by atoms with Gasteiger partial charge in [0.05, 0.1) is 0 Å². The van der Waals surface area contributed by atoms with E-state index in [4.69, 9.17) is 0 Å². The zero-order chi connectivity index (χ0) is 5.98. The van der Waals surface area contributed by atoms with Crippen LogP contribution in [0.15, 0.2) is 9.30 Å². The van der Waals surface area contributed by atoms with Gasteiger partial charge in [-0.1, -0.05) is 0 Å². The molecule has 0 aliphatic carbocycles. The first-order valence-corrected chi connectivity index (χ1v) is 3.56. The molecule has 0 N–H and O–H groups in total. The highest BCUT2D eigenvalue weighted by atomic mass is 79.9. The number of nitrogens with zero attached hydrogens (tertiary/aromatic N) is 1. The molecule has 0 atom stereocenters.